The Hall–Kier alpha value is -8.00. The van der Waals surface area contributed by atoms with Crippen LogP contribution < -0.4 is 58.3 Å². The Bertz CT molecular complexity index is 3150. The second kappa shape index (κ2) is 30.1. The largest absolute Gasteiger partial charge is 0.484 e. The quantitative estimate of drug-likeness (QED) is 0.00922. The molecule has 32 heteroatoms. The minimum Gasteiger partial charge on any atom is -0.484 e. The van der Waals surface area contributed by atoms with Crippen molar-refractivity contribution >= 4 is 115 Å². The highest BCUT2D eigenvalue weighted by Gasteiger charge is 2.37. The van der Waals surface area contributed by atoms with Crippen LogP contribution in [-0.4, -0.2) is 119 Å². The molecule has 1 aliphatic heterocycles. The van der Waals surface area contributed by atoms with Crippen LogP contribution in [-0.2, 0) is 36.2 Å². The highest BCUT2D eigenvalue weighted by atomic mass is 32.2. The number of fused-ring (bicyclic) bond motifs is 1. The Morgan fingerprint density at radius 2 is 1.21 bits per heavy atom. The molecule has 1 atom stereocenters. The zero-order chi connectivity index (χ0) is 64.7. The van der Waals surface area contributed by atoms with Crippen LogP contribution in [0.25, 0.3) is 10.2 Å². The van der Waals surface area contributed by atoms with Gasteiger partial charge in [-0.25, -0.2) is 29.0 Å². The van der Waals surface area contributed by atoms with Crippen molar-refractivity contribution in [1.29, 1.82) is 5.41 Å². The van der Waals surface area contributed by atoms with Gasteiger partial charge in [0.25, 0.3) is 0 Å². The van der Waals surface area contributed by atoms with Gasteiger partial charge in [0, 0.05) is 50.3 Å². The first-order valence-corrected chi connectivity index (χ1v) is 29.2. The van der Waals surface area contributed by atoms with Crippen molar-refractivity contribution in [2.24, 2.45) is 5.73 Å². The molecule has 12 N–H and O–H groups in total. The average molecular weight is 1270 g/mol. The van der Waals surface area contributed by atoms with Gasteiger partial charge in [0.05, 0.1) is 55.5 Å². The minimum atomic E-state index is -5.02. The SMILES string of the molecule is CC(C)(C)OC(=O)NCCSc1c(NC(=O)CCCCN)cc(C(F)(F)F)cc1NC(=O)Nc1nc2ccc(NC(=O)Nc3cc(C(F)(F)F)cc(NC(=O)CCCCNC(=N)NC(=O)OC(C)(C)C)c3OC3CCN(C(=O)OC(C)(C)C)C3)cc2s1. The number of amides is 9. The summed E-state index contributed by atoms with van der Waals surface area (Å²) in [5.74, 6) is -2.04. The summed E-state index contributed by atoms with van der Waals surface area (Å²) in [7, 11) is 0. The monoisotopic (exact) mass is 1270 g/mol. The number of thiazole rings is 1. The van der Waals surface area contributed by atoms with E-state index in [0.717, 1.165) is 29.2 Å². The number of alkyl carbamates (subject to hydrolysis) is 2. The molecule has 478 valence electrons. The van der Waals surface area contributed by atoms with Gasteiger partial charge in [0.1, 0.15) is 22.9 Å². The van der Waals surface area contributed by atoms with E-state index in [1.165, 1.54) is 23.1 Å². The molecule has 24 nitrogen and oxygen atoms in total. The number of guanidine groups is 1. The summed E-state index contributed by atoms with van der Waals surface area (Å²) in [6, 6.07) is 4.77. The van der Waals surface area contributed by atoms with Gasteiger partial charge in [0.2, 0.25) is 11.8 Å². The maximum atomic E-state index is 14.6. The number of urea groups is 2. The first kappa shape index (κ1) is 69.8. The number of halogens is 6. The number of hydrogen-bond acceptors (Lipinski definition) is 16. The van der Waals surface area contributed by atoms with Crippen LogP contribution in [0.3, 0.4) is 0 Å². The van der Waals surface area contributed by atoms with Gasteiger partial charge < -0.3 is 66.8 Å². The summed E-state index contributed by atoms with van der Waals surface area (Å²) < 4.78 is 109. The number of carbonyl (C=O) groups is 7. The Labute approximate surface area is 506 Å². The molecule has 1 aliphatic rings. The van der Waals surface area contributed by atoms with E-state index in [0.29, 0.717) is 35.7 Å². The third-order valence-electron chi connectivity index (χ3n) is 11.5. The lowest BCUT2D eigenvalue weighted by atomic mass is 10.1. The Balaban J connectivity index is 1.36. The van der Waals surface area contributed by atoms with Crippen molar-refractivity contribution in [3.05, 3.63) is 53.6 Å². The molecule has 87 heavy (non-hydrogen) atoms. The molecule has 0 aliphatic carbocycles. The van der Waals surface area contributed by atoms with Gasteiger partial charge in [-0.2, -0.15) is 26.3 Å². The molecule has 1 unspecified atom stereocenters. The van der Waals surface area contributed by atoms with Crippen LogP contribution in [0.1, 0.15) is 118 Å². The van der Waals surface area contributed by atoms with Crippen molar-refractivity contribution in [3.8, 4) is 5.75 Å². The van der Waals surface area contributed by atoms with Crippen LogP contribution in [0.4, 0.5) is 83.9 Å². The molecule has 0 radical (unpaired) electrons. The number of nitrogens with zero attached hydrogens (tertiary/aromatic N) is 2. The summed E-state index contributed by atoms with van der Waals surface area (Å²) in [6.45, 7) is 15.4. The molecule has 9 amide bonds. The van der Waals surface area contributed by atoms with Crippen LogP contribution >= 0.6 is 23.1 Å². The number of benzene rings is 3. The van der Waals surface area contributed by atoms with E-state index in [9.17, 15) is 59.9 Å². The molecule has 1 fully saturated rings. The predicted octanol–water partition coefficient (Wildman–Crippen LogP) is 11.9. The summed E-state index contributed by atoms with van der Waals surface area (Å²) in [5, 5.41) is 30.1. The number of carbonyl (C=O) groups excluding carboxylic acids is 7. The molecule has 2 heterocycles. The third kappa shape index (κ3) is 24.0. The van der Waals surface area contributed by atoms with Crippen molar-refractivity contribution in [2.75, 3.05) is 70.4 Å². The minimum absolute atomic E-state index is 0.0237. The number of unbranched alkanes of at least 4 members (excludes halogenated alkanes) is 2. The normalized spacial score (nSPS) is 13.7. The van der Waals surface area contributed by atoms with Crippen molar-refractivity contribution < 1.29 is 78.9 Å². The number of likely N-dealkylation sites (tertiary alicyclic amines) is 1. The summed E-state index contributed by atoms with van der Waals surface area (Å²) in [4.78, 5) is 96.8. The number of anilines is 6. The summed E-state index contributed by atoms with van der Waals surface area (Å²) in [5.41, 5.74) is -0.688. The number of rotatable bonds is 21. The average Bonchev–Trinajstić information content (AvgIpc) is 1.59. The molecule has 0 saturated carbocycles. The number of hydrogen-bond donors (Lipinski definition) is 11. The number of thioether (sulfide) groups is 1. The van der Waals surface area contributed by atoms with Gasteiger partial charge >= 0.3 is 42.7 Å². The van der Waals surface area contributed by atoms with E-state index < -0.39 is 99.9 Å². The predicted molar refractivity (Wildman–Crippen MR) is 319 cm³/mol. The molecule has 0 bridgehead atoms. The standard InChI is InChI=1S/C55H73F6N13O11S2/c1-51(2,3)83-48(79)65-21-23-86-43-37(68-41(76)14-10-12-19-62)26-31(55(59,60)61)27-38(43)70-46(78)73-47-71-34-17-16-32(28-39(34)87-47)66-45(77)69-36-25-30(54(56,57)58)24-35(42(36)82-33-18-22-74(29-33)50(81)85-53(7,8)9)67-40(75)15-11-13-20-64-44(63)72-49(80)84-52(4,5)6/h16-17,24-28,33H,10-15,18-23,29,62H2,1-9H3,(H,65,79)(H,67,75)(H,68,76)(H2,66,69,77)(H3,63,64,72,80)(H2,70,71,73,78). The van der Waals surface area contributed by atoms with Gasteiger partial charge in [-0.15, -0.1) is 11.8 Å². The number of alkyl halides is 6. The van der Waals surface area contributed by atoms with Crippen molar-refractivity contribution in [2.45, 2.75) is 147 Å². The summed E-state index contributed by atoms with van der Waals surface area (Å²) >= 11 is 1.80. The van der Waals surface area contributed by atoms with Gasteiger partial charge in [-0.3, -0.25) is 25.6 Å². The first-order chi connectivity index (χ1) is 40.4. The lowest BCUT2D eigenvalue weighted by Crippen LogP contribution is -2.43. The number of aromatic nitrogens is 1. The van der Waals surface area contributed by atoms with E-state index in [1.807, 2.05) is 0 Å². The molecule has 0 spiro atoms. The molecule has 1 aromatic heterocycles. The second-order valence-electron chi connectivity index (χ2n) is 22.6. The summed E-state index contributed by atoms with van der Waals surface area (Å²) in [6.07, 6.45) is -11.9. The molecule has 1 saturated heterocycles. The second-order valence-corrected chi connectivity index (χ2v) is 24.8. The molecule has 3 aromatic carbocycles. The lowest BCUT2D eigenvalue weighted by molar-refractivity contribution is -0.138. The smallest absolute Gasteiger partial charge is 0.416 e. The van der Waals surface area contributed by atoms with Crippen LogP contribution in [0, 0.1) is 5.41 Å². The fraction of sp³-hybridized carbons (Fsp3) is 0.509. The van der Waals surface area contributed by atoms with E-state index in [-0.39, 0.29) is 115 Å². The van der Waals surface area contributed by atoms with Crippen LogP contribution in [0.5, 0.6) is 5.75 Å². The Morgan fingerprint density at radius 1 is 0.667 bits per heavy atom. The van der Waals surface area contributed by atoms with E-state index in [2.05, 4.69) is 52.8 Å². The van der Waals surface area contributed by atoms with E-state index >= 15 is 0 Å². The van der Waals surface area contributed by atoms with Gasteiger partial charge in [0.15, 0.2) is 16.8 Å². The molecular weight excluding hydrogens is 1200 g/mol. The Kier molecular flexibility index (Phi) is 24.1. The first-order valence-electron chi connectivity index (χ1n) is 27.4. The maximum Gasteiger partial charge on any atom is 0.416 e. The van der Waals surface area contributed by atoms with Crippen molar-refractivity contribution in [3.63, 3.8) is 0 Å². The lowest BCUT2D eigenvalue weighted by Gasteiger charge is -2.25. The highest BCUT2D eigenvalue weighted by Crippen LogP contribution is 2.44. The van der Waals surface area contributed by atoms with Crippen LogP contribution in [0.15, 0.2) is 47.4 Å². The van der Waals surface area contributed by atoms with E-state index in [1.54, 1.807) is 62.3 Å². The Morgan fingerprint density at radius 3 is 1.80 bits per heavy atom. The van der Waals surface area contributed by atoms with E-state index in [4.69, 9.17) is 30.1 Å². The fourth-order valence-corrected chi connectivity index (χ4v) is 9.70. The van der Waals surface area contributed by atoms with Crippen molar-refractivity contribution in [1.82, 2.24) is 25.8 Å². The number of nitrogens with two attached hydrogens (primary N) is 1. The number of nitrogens with one attached hydrogen (secondary N) is 10. The topological polar surface area (TPSA) is 331 Å². The molecule has 4 aromatic rings. The zero-order valence-corrected chi connectivity index (χ0v) is 51.0. The number of ether oxygens (including phenoxy) is 4. The maximum absolute atomic E-state index is 14.6. The van der Waals surface area contributed by atoms with Gasteiger partial charge in [-0.05, 0) is 137 Å². The zero-order valence-electron chi connectivity index (χ0n) is 49.4. The fourth-order valence-electron chi connectivity index (χ4n) is 7.86. The van der Waals surface area contributed by atoms with Gasteiger partial charge in [-0.1, -0.05) is 11.3 Å². The van der Waals surface area contributed by atoms with Crippen LogP contribution in [0.2, 0.25) is 0 Å². The highest BCUT2D eigenvalue weighted by molar-refractivity contribution is 7.99. The molecular formula is C55H73F6N13O11S2. The molecule has 5 rings (SSSR count). The third-order valence-corrected chi connectivity index (χ3v) is 13.5.